The second-order valence-corrected chi connectivity index (χ2v) is 3.62. The fraction of sp³-hybridized carbons (Fsp3) is 0.400. The largest absolute Gasteiger partial charge is 0.347 e. The first-order valence-electron chi connectivity index (χ1n) is 4.28. The van der Waals surface area contributed by atoms with Crippen LogP contribution in [0.5, 0.6) is 0 Å². The van der Waals surface area contributed by atoms with E-state index >= 15 is 0 Å². The smallest absolute Gasteiger partial charge is 0.183 e. The maximum absolute atomic E-state index is 5.82. The van der Waals surface area contributed by atoms with Gasteiger partial charge in [0, 0.05) is 5.56 Å². The number of hydrogen-bond donors (Lipinski definition) is 0. The molecule has 2 nitrogen and oxygen atoms in total. The molecule has 0 spiro atoms. The van der Waals surface area contributed by atoms with E-state index in [9.17, 15) is 0 Å². The molecule has 1 aromatic rings. The Labute approximate surface area is 82.4 Å². The third-order valence-electron chi connectivity index (χ3n) is 1.93. The molecular formula is C10H11ClO2. The molecule has 13 heavy (non-hydrogen) atoms. The summed E-state index contributed by atoms with van der Waals surface area (Å²) in [7, 11) is 0. The van der Waals surface area contributed by atoms with E-state index in [1.54, 1.807) is 0 Å². The summed E-state index contributed by atoms with van der Waals surface area (Å²) in [5.41, 5.74) is 1.05. The van der Waals surface area contributed by atoms with Crippen LogP contribution >= 0.6 is 11.6 Å². The molecule has 0 aromatic heterocycles. The Morgan fingerprint density at radius 3 is 2.31 bits per heavy atom. The Hall–Kier alpha value is -0.570. The van der Waals surface area contributed by atoms with Crippen LogP contribution < -0.4 is 0 Å². The second kappa shape index (κ2) is 4.09. The van der Waals surface area contributed by atoms with Crippen molar-refractivity contribution in [1.82, 2.24) is 0 Å². The van der Waals surface area contributed by atoms with Crippen molar-refractivity contribution in [2.24, 2.45) is 0 Å². The zero-order valence-electron chi connectivity index (χ0n) is 7.15. The van der Waals surface area contributed by atoms with Gasteiger partial charge in [-0.2, -0.15) is 0 Å². The van der Waals surface area contributed by atoms with Crippen LogP contribution in [0.2, 0.25) is 0 Å². The highest BCUT2D eigenvalue weighted by Gasteiger charge is 2.21. The minimum absolute atomic E-state index is 0.0139. The molecule has 3 heteroatoms. The summed E-state index contributed by atoms with van der Waals surface area (Å²) in [6.45, 7) is 1.11. The Bertz CT molecular complexity index is 255. The van der Waals surface area contributed by atoms with Gasteiger partial charge in [-0.1, -0.05) is 30.3 Å². The summed E-state index contributed by atoms with van der Waals surface area (Å²) < 4.78 is 10.8. The molecule has 0 saturated carbocycles. The second-order valence-electron chi connectivity index (χ2n) is 3.01. The van der Waals surface area contributed by atoms with Gasteiger partial charge in [0.2, 0.25) is 0 Å². The first kappa shape index (κ1) is 9.00. The van der Waals surface area contributed by atoms with Crippen LogP contribution in [-0.2, 0) is 9.47 Å². The highest BCUT2D eigenvalue weighted by molar-refractivity contribution is 6.20. The van der Waals surface area contributed by atoms with Crippen LogP contribution in [-0.4, -0.2) is 18.6 Å². The van der Waals surface area contributed by atoms with E-state index in [0.29, 0.717) is 13.2 Å². The van der Waals surface area contributed by atoms with Gasteiger partial charge >= 0.3 is 0 Å². The molecular weight excluding hydrogens is 188 g/mol. The van der Waals surface area contributed by atoms with Crippen molar-refractivity contribution in [2.45, 2.75) is 11.7 Å². The average molecular weight is 199 g/mol. The average Bonchev–Trinajstić information content (AvgIpc) is 2.20. The maximum atomic E-state index is 5.82. The minimum atomic E-state index is -0.240. The lowest BCUT2D eigenvalue weighted by Gasteiger charge is -2.26. The first-order valence-corrected chi connectivity index (χ1v) is 4.72. The van der Waals surface area contributed by atoms with E-state index in [4.69, 9.17) is 21.1 Å². The number of ether oxygens (including phenoxy) is 2. The zero-order chi connectivity index (χ0) is 9.10. The quantitative estimate of drug-likeness (QED) is 0.645. The van der Waals surface area contributed by atoms with Crippen molar-refractivity contribution in [3.63, 3.8) is 0 Å². The number of alkyl halides is 1. The lowest BCUT2D eigenvalue weighted by Crippen LogP contribution is -2.27. The standard InChI is InChI=1S/C10H11ClO2/c11-9-6-12-10(13-7-9)8-4-2-1-3-5-8/h1-5,9-10H,6-7H2. The Balaban J connectivity index is 2.03. The lowest BCUT2D eigenvalue weighted by atomic mass is 10.2. The molecule has 1 aliphatic heterocycles. The number of benzene rings is 1. The minimum Gasteiger partial charge on any atom is -0.347 e. The molecule has 0 atom stereocenters. The third-order valence-corrected chi connectivity index (χ3v) is 2.18. The Morgan fingerprint density at radius 1 is 1.08 bits per heavy atom. The van der Waals surface area contributed by atoms with E-state index in [-0.39, 0.29) is 11.7 Å². The number of hydrogen-bond acceptors (Lipinski definition) is 2. The normalized spacial score (nSPS) is 28.7. The third kappa shape index (κ3) is 2.21. The van der Waals surface area contributed by atoms with Crippen LogP contribution in [0.3, 0.4) is 0 Å². The first-order chi connectivity index (χ1) is 6.36. The molecule has 0 radical (unpaired) electrons. The van der Waals surface area contributed by atoms with Gasteiger partial charge in [0.05, 0.1) is 18.6 Å². The molecule has 2 rings (SSSR count). The fourth-order valence-corrected chi connectivity index (χ4v) is 1.43. The zero-order valence-corrected chi connectivity index (χ0v) is 7.91. The molecule has 1 fully saturated rings. The van der Waals surface area contributed by atoms with Gasteiger partial charge in [0.15, 0.2) is 6.29 Å². The summed E-state index contributed by atoms with van der Waals surface area (Å²) in [5.74, 6) is 0. The molecule has 1 aromatic carbocycles. The van der Waals surface area contributed by atoms with Crippen molar-refractivity contribution in [3.8, 4) is 0 Å². The number of rotatable bonds is 1. The predicted molar refractivity (Wildman–Crippen MR) is 50.7 cm³/mol. The monoisotopic (exact) mass is 198 g/mol. The van der Waals surface area contributed by atoms with Gasteiger partial charge in [-0.05, 0) is 0 Å². The summed E-state index contributed by atoms with van der Waals surface area (Å²) in [6, 6.07) is 9.87. The van der Waals surface area contributed by atoms with Crippen LogP contribution in [0.4, 0.5) is 0 Å². The van der Waals surface area contributed by atoms with E-state index in [0.717, 1.165) is 5.56 Å². The topological polar surface area (TPSA) is 18.5 Å². The SMILES string of the molecule is ClC1COC(c2ccccc2)OC1. The van der Waals surface area contributed by atoms with Crippen molar-refractivity contribution in [2.75, 3.05) is 13.2 Å². The molecule has 1 heterocycles. The van der Waals surface area contributed by atoms with E-state index in [1.165, 1.54) is 0 Å². The molecule has 0 unspecified atom stereocenters. The van der Waals surface area contributed by atoms with Crippen molar-refractivity contribution in [1.29, 1.82) is 0 Å². The lowest BCUT2D eigenvalue weighted by molar-refractivity contribution is -0.180. The molecule has 0 bridgehead atoms. The highest BCUT2D eigenvalue weighted by atomic mass is 35.5. The summed E-state index contributed by atoms with van der Waals surface area (Å²) in [4.78, 5) is 0. The van der Waals surface area contributed by atoms with Gasteiger partial charge in [-0.3, -0.25) is 0 Å². The van der Waals surface area contributed by atoms with Crippen molar-refractivity contribution in [3.05, 3.63) is 35.9 Å². The highest BCUT2D eigenvalue weighted by Crippen LogP contribution is 2.23. The molecule has 0 N–H and O–H groups in total. The van der Waals surface area contributed by atoms with Crippen molar-refractivity contribution < 1.29 is 9.47 Å². The summed E-state index contributed by atoms with van der Waals surface area (Å²) in [6.07, 6.45) is -0.240. The van der Waals surface area contributed by atoms with Crippen LogP contribution in [0, 0.1) is 0 Å². The van der Waals surface area contributed by atoms with Gasteiger partial charge in [-0.25, -0.2) is 0 Å². The fourth-order valence-electron chi connectivity index (χ4n) is 1.28. The Morgan fingerprint density at radius 2 is 1.69 bits per heavy atom. The van der Waals surface area contributed by atoms with Crippen LogP contribution in [0.15, 0.2) is 30.3 Å². The van der Waals surface area contributed by atoms with Gasteiger partial charge in [-0.15, -0.1) is 11.6 Å². The van der Waals surface area contributed by atoms with E-state index < -0.39 is 0 Å². The molecule has 1 aliphatic rings. The van der Waals surface area contributed by atoms with Gasteiger partial charge < -0.3 is 9.47 Å². The van der Waals surface area contributed by atoms with Crippen LogP contribution in [0.25, 0.3) is 0 Å². The molecule has 1 saturated heterocycles. The predicted octanol–water partition coefficient (Wildman–Crippen LogP) is 2.34. The van der Waals surface area contributed by atoms with Crippen LogP contribution in [0.1, 0.15) is 11.9 Å². The molecule has 0 amide bonds. The van der Waals surface area contributed by atoms with E-state index in [1.807, 2.05) is 30.3 Å². The van der Waals surface area contributed by atoms with Crippen molar-refractivity contribution >= 4 is 11.6 Å². The Kier molecular flexibility index (Phi) is 2.83. The maximum Gasteiger partial charge on any atom is 0.183 e. The summed E-state index contributed by atoms with van der Waals surface area (Å²) in [5, 5.41) is -0.0139. The summed E-state index contributed by atoms with van der Waals surface area (Å²) >= 11 is 5.82. The molecule has 70 valence electrons. The van der Waals surface area contributed by atoms with Gasteiger partial charge in [0.25, 0.3) is 0 Å². The van der Waals surface area contributed by atoms with E-state index in [2.05, 4.69) is 0 Å². The van der Waals surface area contributed by atoms with Gasteiger partial charge in [0.1, 0.15) is 0 Å². The molecule has 0 aliphatic carbocycles. The number of halogens is 1.